The molecule has 0 aliphatic carbocycles. The Hall–Kier alpha value is -3.34. The standard InChI is InChI=1S/C29H37N5/c1-5-8-9-10-11-24-12-14-25(15-13-24)30-31-26-16-18-27(19-17-26)32-33-29-21-20-28(22-23(29)4)34(6-2)7-3/h12-22H,5-11H2,1-4H3. The van der Waals surface area contributed by atoms with E-state index >= 15 is 0 Å². The van der Waals surface area contributed by atoms with Crippen LogP contribution < -0.4 is 4.90 Å². The second-order valence-electron chi connectivity index (χ2n) is 8.54. The third-order valence-corrected chi connectivity index (χ3v) is 5.97. The number of benzene rings is 3. The Morgan fingerprint density at radius 3 is 1.71 bits per heavy atom. The third kappa shape index (κ3) is 7.62. The molecule has 5 nitrogen and oxygen atoms in total. The van der Waals surface area contributed by atoms with Crippen LogP contribution in [0.4, 0.5) is 28.4 Å². The van der Waals surface area contributed by atoms with Gasteiger partial charge in [0.2, 0.25) is 0 Å². The summed E-state index contributed by atoms with van der Waals surface area (Å²) in [5.74, 6) is 0. The molecule has 0 heterocycles. The summed E-state index contributed by atoms with van der Waals surface area (Å²) < 4.78 is 0. The van der Waals surface area contributed by atoms with Crippen molar-refractivity contribution in [1.29, 1.82) is 0 Å². The number of rotatable bonds is 12. The van der Waals surface area contributed by atoms with Gasteiger partial charge < -0.3 is 4.90 Å². The highest BCUT2D eigenvalue weighted by Gasteiger charge is 2.04. The zero-order valence-electron chi connectivity index (χ0n) is 21.0. The SMILES string of the molecule is CCCCCCc1ccc(N=Nc2ccc(N=Nc3ccc(N(CC)CC)cc3C)cc2)cc1. The van der Waals surface area contributed by atoms with Gasteiger partial charge in [-0.15, -0.1) is 0 Å². The molecular formula is C29H37N5. The first-order valence-electron chi connectivity index (χ1n) is 12.5. The van der Waals surface area contributed by atoms with Crippen molar-refractivity contribution in [3.05, 3.63) is 77.9 Å². The summed E-state index contributed by atoms with van der Waals surface area (Å²) in [5.41, 5.74) is 7.03. The summed E-state index contributed by atoms with van der Waals surface area (Å²) in [5, 5.41) is 17.6. The van der Waals surface area contributed by atoms with Crippen LogP contribution in [0.5, 0.6) is 0 Å². The van der Waals surface area contributed by atoms with E-state index in [0.717, 1.165) is 47.8 Å². The van der Waals surface area contributed by atoms with Crippen molar-refractivity contribution >= 4 is 28.4 Å². The molecule has 3 aromatic rings. The molecule has 0 unspecified atom stereocenters. The van der Waals surface area contributed by atoms with Gasteiger partial charge in [0, 0.05) is 18.8 Å². The van der Waals surface area contributed by atoms with Crippen LogP contribution >= 0.6 is 0 Å². The maximum Gasteiger partial charge on any atom is 0.0887 e. The molecular weight excluding hydrogens is 418 g/mol. The molecule has 178 valence electrons. The van der Waals surface area contributed by atoms with Crippen LogP contribution in [-0.4, -0.2) is 13.1 Å². The molecule has 0 saturated heterocycles. The fourth-order valence-electron chi connectivity index (χ4n) is 3.84. The molecule has 0 aliphatic heterocycles. The first-order valence-corrected chi connectivity index (χ1v) is 12.5. The predicted octanol–water partition coefficient (Wildman–Crippen LogP) is 9.79. The summed E-state index contributed by atoms with van der Waals surface area (Å²) in [6.45, 7) is 10.6. The molecule has 0 atom stereocenters. The molecule has 3 rings (SSSR count). The highest BCUT2D eigenvalue weighted by molar-refractivity contribution is 5.58. The van der Waals surface area contributed by atoms with Gasteiger partial charge in [0.25, 0.3) is 0 Å². The zero-order valence-corrected chi connectivity index (χ0v) is 21.0. The molecule has 0 spiro atoms. The molecule has 0 fully saturated rings. The van der Waals surface area contributed by atoms with Crippen LogP contribution in [0.15, 0.2) is 87.2 Å². The summed E-state index contributed by atoms with van der Waals surface area (Å²) in [7, 11) is 0. The second kappa shape index (κ2) is 13.4. The van der Waals surface area contributed by atoms with Crippen LogP contribution in [0, 0.1) is 6.92 Å². The first-order chi connectivity index (χ1) is 16.6. The van der Waals surface area contributed by atoms with E-state index in [4.69, 9.17) is 0 Å². The van der Waals surface area contributed by atoms with E-state index in [2.05, 4.69) is 77.3 Å². The molecule has 0 radical (unpaired) electrons. The zero-order chi connectivity index (χ0) is 24.2. The third-order valence-electron chi connectivity index (χ3n) is 5.97. The highest BCUT2D eigenvalue weighted by Crippen LogP contribution is 2.28. The van der Waals surface area contributed by atoms with Crippen molar-refractivity contribution in [2.24, 2.45) is 20.5 Å². The molecule has 0 bridgehead atoms. The van der Waals surface area contributed by atoms with Gasteiger partial charge in [-0.3, -0.25) is 0 Å². The molecule has 3 aromatic carbocycles. The number of aryl methyl sites for hydroxylation is 2. The Morgan fingerprint density at radius 2 is 1.18 bits per heavy atom. The lowest BCUT2D eigenvalue weighted by atomic mass is 10.1. The number of unbranched alkanes of at least 4 members (excludes halogenated alkanes) is 3. The molecule has 0 saturated carbocycles. The van der Waals surface area contributed by atoms with Crippen LogP contribution in [0.25, 0.3) is 0 Å². The average Bonchev–Trinajstić information content (AvgIpc) is 2.87. The van der Waals surface area contributed by atoms with E-state index < -0.39 is 0 Å². The lowest BCUT2D eigenvalue weighted by Gasteiger charge is -2.21. The van der Waals surface area contributed by atoms with Gasteiger partial charge >= 0.3 is 0 Å². The number of anilines is 1. The Morgan fingerprint density at radius 1 is 0.618 bits per heavy atom. The fourth-order valence-corrected chi connectivity index (χ4v) is 3.84. The molecule has 5 heteroatoms. The topological polar surface area (TPSA) is 52.7 Å². The van der Waals surface area contributed by atoms with Gasteiger partial charge in [-0.25, -0.2) is 0 Å². The fraction of sp³-hybridized carbons (Fsp3) is 0.379. The number of azo groups is 2. The summed E-state index contributed by atoms with van der Waals surface area (Å²) in [6.07, 6.45) is 6.27. The average molecular weight is 456 g/mol. The molecule has 0 N–H and O–H groups in total. The maximum atomic E-state index is 4.44. The van der Waals surface area contributed by atoms with Gasteiger partial charge in [0.05, 0.1) is 22.7 Å². The van der Waals surface area contributed by atoms with Crippen molar-refractivity contribution in [2.45, 2.75) is 59.8 Å². The van der Waals surface area contributed by atoms with Crippen LogP contribution in [0.1, 0.15) is 57.6 Å². The van der Waals surface area contributed by atoms with Gasteiger partial charge in [-0.2, -0.15) is 20.5 Å². The first kappa shape index (κ1) is 25.3. The largest absolute Gasteiger partial charge is 0.372 e. The molecule has 34 heavy (non-hydrogen) atoms. The lowest BCUT2D eigenvalue weighted by Crippen LogP contribution is -2.21. The smallest absolute Gasteiger partial charge is 0.0887 e. The minimum Gasteiger partial charge on any atom is -0.372 e. The van der Waals surface area contributed by atoms with E-state index in [9.17, 15) is 0 Å². The Labute approximate surface area is 204 Å². The van der Waals surface area contributed by atoms with Crippen molar-refractivity contribution in [1.82, 2.24) is 0 Å². The van der Waals surface area contributed by atoms with Crippen LogP contribution in [0.2, 0.25) is 0 Å². The Kier molecular flexibility index (Phi) is 9.96. The van der Waals surface area contributed by atoms with Crippen LogP contribution in [0.3, 0.4) is 0 Å². The molecule has 0 amide bonds. The van der Waals surface area contributed by atoms with Gasteiger partial charge in [-0.1, -0.05) is 38.3 Å². The molecule has 0 aliphatic rings. The van der Waals surface area contributed by atoms with E-state index in [1.165, 1.54) is 36.9 Å². The minimum atomic E-state index is 0.790. The predicted molar refractivity (Wildman–Crippen MR) is 144 cm³/mol. The van der Waals surface area contributed by atoms with Gasteiger partial charge in [0.15, 0.2) is 0 Å². The van der Waals surface area contributed by atoms with Crippen LogP contribution in [-0.2, 0) is 6.42 Å². The summed E-state index contributed by atoms with van der Waals surface area (Å²) in [6, 6.07) is 22.3. The van der Waals surface area contributed by atoms with E-state index in [1.807, 2.05) is 42.5 Å². The van der Waals surface area contributed by atoms with Gasteiger partial charge in [-0.05, 0) is 99.3 Å². The Bertz CT molecular complexity index is 1060. The number of nitrogens with zero attached hydrogens (tertiary/aromatic N) is 5. The quantitative estimate of drug-likeness (QED) is 0.198. The summed E-state index contributed by atoms with van der Waals surface area (Å²) in [4.78, 5) is 2.32. The normalized spacial score (nSPS) is 11.5. The van der Waals surface area contributed by atoms with Gasteiger partial charge in [0.1, 0.15) is 0 Å². The second-order valence-corrected chi connectivity index (χ2v) is 8.54. The number of hydrogen-bond acceptors (Lipinski definition) is 5. The van der Waals surface area contributed by atoms with Crippen molar-refractivity contribution in [3.63, 3.8) is 0 Å². The lowest BCUT2D eigenvalue weighted by molar-refractivity contribution is 0.667. The Balaban J connectivity index is 1.57. The highest BCUT2D eigenvalue weighted by atomic mass is 15.1. The van der Waals surface area contributed by atoms with E-state index in [1.54, 1.807) is 0 Å². The summed E-state index contributed by atoms with van der Waals surface area (Å²) >= 11 is 0. The monoisotopic (exact) mass is 455 g/mol. The maximum absolute atomic E-state index is 4.44. The van der Waals surface area contributed by atoms with Crippen molar-refractivity contribution in [2.75, 3.05) is 18.0 Å². The van der Waals surface area contributed by atoms with E-state index in [0.29, 0.717) is 0 Å². The molecule has 0 aromatic heterocycles. The number of hydrogen-bond donors (Lipinski definition) is 0. The minimum absolute atomic E-state index is 0.790. The van der Waals surface area contributed by atoms with Crippen molar-refractivity contribution in [3.8, 4) is 0 Å². The van der Waals surface area contributed by atoms with E-state index in [-0.39, 0.29) is 0 Å². The van der Waals surface area contributed by atoms with Crippen molar-refractivity contribution < 1.29 is 0 Å².